The van der Waals surface area contributed by atoms with Gasteiger partial charge in [0.2, 0.25) is 0 Å². The molecule has 0 unspecified atom stereocenters. The predicted molar refractivity (Wildman–Crippen MR) is 92.7 cm³/mol. The second kappa shape index (κ2) is 11.5. The van der Waals surface area contributed by atoms with Crippen LogP contribution in [0.5, 0.6) is 5.75 Å². The second-order valence-electron chi connectivity index (χ2n) is 5.87. The van der Waals surface area contributed by atoms with E-state index >= 15 is 0 Å². The third-order valence-electron chi connectivity index (χ3n) is 3.03. The number of nitrogens with one attached hydrogen (secondary N) is 3. The fraction of sp³-hybridized carbons (Fsp3) is 0.412. The number of hydrogen-bond acceptors (Lipinski definition) is 6. The van der Waals surface area contributed by atoms with E-state index in [0.29, 0.717) is 6.54 Å². The molecule has 0 fully saturated rings. The van der Waals surface area contributed by atoms with Gasteiger partial charge in [-0.3, -0.25) is 19.7 Å². The zero-order valence-corrected chi connectivity index (χ0v) is 15.3. The van der Waals surface area contributed by atoms with E-state index < -0.39 is 43.6 Å². The molecule has 28 heavy (non-hydrogen) atoms. The third kappa shape index (κ3) is 8.92. The first-order valence-electron chi connectivity index (χ1n) is 8.24. The summed E-state index contributed by atoms with van der Waals surface area (Å²) in [6, 6.07) is 4.52. The van der Waals surface area contributed by atoms with Crippen molar-refractivity contribution < 1.29 is 37.4 Å². The molecule has 1 aromatic carbocycles. The monoisotopic (exact) mass is 401 g/mol. The third-order valence-corrected chi connectivity index (χ3v) is 3.03. The van der Waals surface area contributed by atoms with Crippen LogP contribution in [0.25, 0.3) is 0 Å². The predicted octanol–water partition coefficient (Wildman–Crippen LogP) is 1.04. The van der Waals surface area contributed by atoms with Crippen molar-refractivity contribution in [3.63, 3.8) is 0 Å². The first kappa shape index (κ1) is 22.8. The first-order chi connectivity index (χ1) is 13.2. The Morgan fingerprint density at radius 3 is 2.39 bits per heavy atom. The van der Waals surface area contributed by atoms with Crippen LogP contribution in [0.3, 0.4) is 0 Å². The summed E-state index contributed by atoms with van der Waals surface area (Å²) in [4.78, 5) is 46.4. The van der Waals surface area contributed by atoms with Crippen LogP contribution in [0, 0.1) is 5.92 Å². The van der Waals surface area contributed by atoms with Crippen molar-refractivity contribution in [2.45, 2.75) is 20.5 Å². The van der Waals surface area contributed by atoms with Crippen molar-refractivity contribution in [1.29, 1.82) is 0 Å². The van der Waals surface area contributed by atoms with Crippen molar-refractivity contribution in [2.75, 3.05) is 19.7 Å². The Hall–Kier alpha value is -3.24. The van der Waals surface area contributed by atoms with Gasteiger partial charge in [-0.1, -0.05) is 26.0 Å². The summed E-state index contributed by atoms with van der Waals surface area (Å²) in [5, 5.41) is 6.57. The highest BCUT2D eigenvalue weighted by Crippen LogP contribution is 2.19. The molecule has 0 saturated carbocycles. The number of carbonyl (C=O) groups excluding carboxylic acids is 4. The van der Waals surface area contributed by atoms with E-state index in [1.807, 2.05) is 19.2 Å². The van der Waals surface area contributed by atoms with Gasteiger partial charge in [0.25, 0.3) is 11.8 Å². The Bertz CT molecular complexity index is 712. The number of ether oxygens (including phenoxy) is 2. The lowest BCUT2D eigenvalue weighted by Gasteiger charge is -2.11. The molecule has 0 heterocycles. The molecule has 0 spiro atoms. The van der Waals surface area contributed by atoms with E-state index in [1.165, 1.54) is 24.3 Å². The van der Waals surface area contributed by atoms with Crippen molar-refractivity contribution in [1.82, 2.24) is 16.0 Å². The van der Waals surface area contributed by atoms with Gasteiger partial charge in [-0.15, -0.1) is 0 Å². The lowest BCUT2D eigenvalue weighted by molar-refractivity contribution is -0.147. The van der Waals surface area contributed by atoms with Crippen LogP contribution < -0.4 is 20.7 Å². The first-order valence-corrected chi connectivity index (χ1v) is 8.24. The lowest BCUT2D eigenvalue weighted by Crippen LogP contribution is -2.43. The van der Waals surface area contributed by atoms with E-state index in [4.69, 9.17) is 0 Å². The maximum Gasteiger partial charge on any atom is 0.387 e. The molecule has 0 aliphatic carbocycles. The van der Waals surface area contributed by atoms with E-state index in [0.717, 1.165) is 0 Å². The maximum absolute atomic E-state index is 12.3. The second-order valence-corrected chi connectivity index (χ2v) is 5.87. The number of esters is 1. The highest BCUT2D eigenvalue weighted by Gasteiger charge is 2.17. The summed E-state index contributed by atoms with van der Waals surface area (Å²) >= 11 is 0. The molecule has 0 aliphatic rings. The number of alkyl halides is 2. The average molecular weight is 401 g/mol. The molecule has 0 radical (unpaired) electrons. The number of benzene rings is 1. The van der Waals surface area contributed by atoms with Crippen LogP contribution in [0.2, 0.25) is 0 Å². The van der Waals surface area contributed by atoms with Crippen molar-refractivity contribution in [2.24, 2.45) is 5.92 Å². The SMILES string of the molecule is CC(C)CNC(=O)NC(=O)COC(=O)CNC(=O)c1ccccc1OC(F)F. The quantitative estimate of drug-likeness (QED) is 0.532. The van der Waals surface area contributed by atoms with Gasteiger partial charge in [-0.25, -0.2) is 4.79 Å². The molecule has 0 atom stereocenters. The smallest absolute Gasteiger partial charge is 0.387 e. The van der Waals surface area contributed by atoms with Gasteiger partial charge >= 0.3 is 18.6 Å². The molecular weight excluding hydrogens is 380 g/mol. The number of carbonyl (C=O) groups is 4. The van der Waals surface area contributed by atoms with Crippen LogP contribution in [-0.2, 0) is 14.3 Å². The number of para-hydroxylation sites is 1. The highest BCUT2D eigenvalue weighted by molar-refractivity contribution is 5.99. The van der Waals surface area contributed by atoms with Crippen LogP contribution in [-0.4, -0.2) is 50.1 Å². The van der Waals surface area contributed by atoms with Crippen LogP contribution in [0.4, 0.5) is 13.6 Å². The number of imide groups is 1. The van der Waals surface area contributed by atoms with Crippen LogP contribution >= 0.6 is 0 Å². The number of hydrogen-bond donors (Lipinski definition) is 3. The number of amides is 4. The summed E-state index contributed by atoms with van der Waals surface area (Å²) in [7, 11) is 0. The van der Waals surface area contributed by atoms with Crippen molar-refractivity contribution in [3.8, 4) is 5.75 Å². The molecule has 0 aliphatic heterocycles. The highest BCUT2D eigenvalue weighted by atomic mass is 19.3. The largest absolute Gasteiger partial charge is 0.454 e. The molecule has 9 nitrogen and oxygen atoms in total. The molecule has 3 N–H and O–H groups in total. The molecule has 0 aromatic heterocycles. The lowest BCUT2D eigenvalue weighted by atomic mass is 10.2. The molecular formula is C17H21F2N3O6. The zero-order valence-electron chi connectivity index (χ0n) is 15.3. The van der Waals surface area contributed by atoms with Gasteiger partial charge in [0, 0.05) is 6.54 Å². The van der Waals surface area contributed by atoms with E-state index in [1.54, 1.807) is 0 Å². The maximum atomic E-state index is 12.3. The summed E-state index contributed by atoms with van der Waals surface area (Å²) in [6.45, 7) is -0.354. The molecule has 0 saturated heterocycles. The summed E-state index contributed by atoms with van der Waals surface area (Å²) in [6.07, 6.45) is 0. The van der Waals surface area contributed by atoms with E-state index in [-0.39, 0.29) is 17.2 Å². The van der Waals surface area contributed by atoms with E-state index in [9.17, 15) is 28.0 Å². The standard InChI is InChI=1S/C17H21F2N3O6/c1-10(2)7-21-17(26)22-13(23)9-27-14(24)8-20-15(25)11-5-3-4-6-12(11)28-16(18)19/h3-6,10,16H,7-9H2,1-2H3,(H,20,25)(H2,21,22,23,26). The van der Waals surface area contributed by atoms with Crippen LogP contribution in [0.1, 0.15) is 24.2 Å². The number of rotatable bonds is 9. The Balaban J connectivity index is 2.39. The minimum absolute atomic E-state index is 0.193. The van der Waals surface area contributed by atoms with Crippen LogP contribution in [0.15, 0.2) is 24.3 Å². The zero-order chi connectivity index (χ0) is 21.1. The Kier molecular flexibility index (Phi) is 9.34. The van der Waals surface area contributed by atoms with Gasteiger partial charge in [0.1, 0.15) is 12.3 Å². The van der Waals surface area contributed by atoms with Gasteiger partial charge in [0.05, 0.1) is 5.56 Å². The Morgan fingerprint density at radius 1 is 1.07 bits per heavy atom. The minimum Gasteiger partial charge on any atom is -0.454 e. The summed E-state index contributed by atoms with van der Waals surface area (Å²) in [5.74, 6) is -2.81. The van der Waals surface area contributed by atoms with Gasteiger partial charge in [-0.05, 0) is 18.1 Å². The van der Waals surface area contributed by atoms with Crippen molar-refractivity contribution >= 4 is 23.8 Å². The summed E-state index contributed by atoms with van der Waals surface area (Å²) in [5.41, 5.74) is -0.199. The van der Waals surface area contributed by atoms with Gasteiger partial charge < -0.3 is 20.1 Å². The molecule has 0 bridgehead atoms. The average Bonchev–Trinajstić information content (AvgIpc) is 2.62. The Labute approximate surface area is 159 Å². The van der Waals surface area contributed by atoms with Crippen molar-refractivity contribution in [3.05, 3.63) is 29.8 Å². The fourth-order valence-electron chi connectivity index (χ4n) is 1.80. The molecule has 1 aromatic rings. The number of halogens is 2. The normalized spacial score (nSPS) is 10.4. The Morgan fingerprint density at radius 2 is 1.75 bits per heavy atom. The molecule has 4 amide bonds. The van der Waals surface area contributed by atoms with E-state index in [2.05, 4.69) is 20.1 Å². The summed E-state index contributed by atoms with van der Waals surface area (Å²) < 4.78 is 33.5. The fourth-order valence-corrected chi connectivity index (χ4v) is 1.80. The van der Waals surface area contributed by atoms with Gasteiger partial charge in [0.15, 0.2) is 6.61 Å². The molecule has 1 rings (SSSR count). The minimum atomic E-state index is -3.12. The molecule has 154 valence electrons. The molecule has 11 heteroatoms. The van der Waals surface area contributed by atoms with Gasteiger partial charge in [-0.2, -0.15) is 8.78 Å². The number of urea groups is 1. The topological polar surface area (TPSA) is 123 Å².